The maximum absolute atomic E-state index is 12.6. The summed E-state index contributed by atoms with van der Waals surface area (Å²) in [5, 5.41) is 3.18. The Bertz CT molecular complexity index is 1130. The van der Waals surface area contributed by atoms with Crippen LogP contribution in [0.1, 0.15) is 9.67 Å². The van der Waals surface area contributed by atoms with E-state index in [1.165, 1.54) is 6.07 Å². The lowest BCUT2D eigenvalue weighted by molar-refractivity contribution is 0.103. The van der Waals surface area contributed by atoms with Crippen molar-refractivity contribution in [3.63, 3.8) is 0 Å². The fourth-order valence-corrected chi connectivity index (χ4v) is 3.88. The molecule has 0 saturated carbocycles. The van der Waals surface area contributed by atoms with Gasteiger partial charge in [-0.1, -0.05) is 36.4 Å². The summed E-state index contributed by atoms with van der Waals surface area (Å²) >= 11 is 1.12. The van der Waals surface area contributed by atoms with Crippen molar-refractivity contribution in [2.75, 3.05) is 16.3 Å². The van der Waals surface area contributed by atoms with Crippen LogP contribution in [-0.4, -0.2) is 20.6 Å². The highest BCUT2D eigenvalue weighted by Crippen LogP contribution is 2.38. The molecule has 2 aromatic carbocycles. The number of nitrogens with one attached hydrogen (secondary N) is 2. The zero-order valence-corrected chi connectivity index (χ0v) is 15.9. The number of hydrogen-bond donors (Lipinski definition) is 2. The number of hydrogen-bond acceptors (Lipinski definition) is 4. The van der Waals surface area contributed by atoms with Crippen molar-refractivity contribution in [2.45, 2.75) is 0 Å². The van der Waals surface area contributed by atoms with Gasteiger partial charge in [-0.2, -0.15) is 0 Å². The number of thiophene rings is 1. The van der Waals surface area contributed by atoms with Gasteiger partial charge in [0.2, 0.25) is 15.0 Å². The fourth-order valence-electron chi connectivity index (χ4n) is 2.47. The third-order valence-corrected chi connectivity index (χ3v) is 5.18. The Labute approximate surface area is 161 Å². The first-order valence-electron chi connectivity index (χ1n) is 7.81. The van der Waals surface area contributed by atoms with E-state index in [1.807, 2.05) is 30.3 Å². The van der Waals surface area contributed by atoms with Crippen molar-refractivity contribution < 1.29 is 13.2 Å². The van der Waals surface area contributed by atoms with Crippen molar-refractivity contribution in [3.8, 4) is 11.1 Å². The number of anilines is 2. The van der Waals surface area contributed by atoms with Gasteiger partial charge in [0.1, 0.15) is 0 Å². The van der Waals surface area contributed by atoms with Crippen LogP contribution in [0.2, 0.25) is 0 Å². The summed E-state index contributed by atoms with van der Waals surface area (Å²) in [5.41, 5.74) is 2.40. The van der Waals surface area contributed by atoms with Crippen molar-refractivity contribution in [3.05, 3.63) is 77.0 Å². The number of sulfonamides is 1. The maximum Gasteiger partial charge on any atom is 0.264 e. The second-order valence-corrected chi connectivity index (χ2v) is 8.50. The molecule has 0 spiro atoms. The highest BCUT2D eigenvalue weighted by atomic mass is 32.2. The first-order valence-corrected chi connectivity index (χ1v) is 10.5. The quantitative estimate of drug-likeness (QED) is 0.618. The molecule has 6 nitrogen and oxygen atoms in total. The van der Waals surface area contributed by atoms with Crippen LogP contribution >= 0.6 is 11.3 Å². The predicted molar refractivity (Wildman–Crippen MR) is 109 cm³/mol. The van der Waals surface area contributed by atoms with E-state index in [9.17, 15) is 13.2 Å². The van der Waals surface area contributed by atoms with E-state index in [4.69, 9.17) is 6.57 Å². The summed E-state index contributed by atoms with van der Waals surface area (Å²) in [4.78, 5) is 16.5. The first-order chi connectivity index (χ1) is 12.9. The largest absolute Gasteiger partial charge is 0.321 e. The number of rotatable bonds is 5. The minimum Gasteiger partial charge on any atom is -0.321 e. The van der Waals surface area contributed by atoms with Crippen molar-refractivity contribution in [1.82, 2.24) is 0 Å². The number of amides is 1. The van der Waals surface area contributed by atoms with E-state index in [-0.39, 0.29) is 5.91 Å². The average Bonchev–Trinajstić information content (AvgIpc) is 3.06. The molecule has 27 heavy (non-hydrogen) atoms. The molecule has 1 amide bonds. The lowest BCUT2D eigenvalue weighted by Gasteiger charge is -2.07. The average molecular weight is 397 g/mol. The topological polar surface area (TPSA) is 79.6 Å². The SMILES string of the molecule is [C-]#[N+]c1sc(C(=O)Nc2cccc(NS(C)(=O)=O)c2)cc1-c1ccccc1. The zero-order valence-electron chi connectivity index (χ0n) is 14.3. The van der Waals surface area contributed by atoms with Gasteiger partial charge in [0, 0.05) is 11.3 Å². The van der Waals surface area contributed by atoms with Crippen LogP contribution in [-0.2, 0) is 10.0 Å². The Morgan fingerprint density at radius 1 is 1.04 bits per heavy atom. The Balaban J connectivity index is 1.84. The molecule has 0 unspecified atom stereocenters. The summed E-state index contributed by atoms with van der Waals surface area (Å²) in [6.45, 7) is 7.36. The fraction of sp³-hybridized carbons (Fsp3) is 0.0526. The molecule has 0 atom stereocenters. The monoisotopic (exact) mass is 397 g/mol. The van der Waals surface area contributed by atoms with E-state index in [2.05, 4.69) is 14.9 Å². The van der Waals surface area contributed by atoms with Crippen LogP contribution in [0.4, 0.5) is 16.4 Å². The third-order valence-electron chi connectivity index (χ3n) is 3.55. The van der Waals surface area contributed by atoms with Gasteiger partial charge in [-0.25, -0.2) is 13.3 Å². The van der Waals surface area contributed by atoms with Gasteiger partial charge < -0.3 is 5.32 Å². The molecule has 3 aromatic rings. The lowest BCUT2D eigenvalue weighted by atomic mass is 10.1. The van der Waals surface area contributed by atoms with Gasteiger partial charge in [-0.3, -0.25) is 9.52 Å². The Morgan fingerprint density at radius 3 is 2.41 bits per heavy atom. The highest BCUT2D eigenvalue weighted by molar-refractivity contribution is 7.92. The number of nitrogens with zero attached hydrogens (tertiary/aromatic N) is 1. The summed E-state index contributed by atoms with van der Waals surface area (Å²) in [6, 6.07) is 17.5. The molecule has 0 bridgehead atoms. The van der Waals surface area contributed by atoms with E-state index >= 15 is 0 Å². The van der Waals surface area contributed by atoms with Gasteiger partial charge in [0.25, 0.3) is 5.91 Å². The molecule has 8 heteroatoms. The predicted octanol–water partition coefficient (Wildman–Crippen LogP) is 4.59. The van der Waals surface area contributed by atoms with E-state index in [0.717, 1.165) is 23.2 Å². The minimum absolute atomic E-state index is 0.355. The first kappa shape index (κ1) is 18.6. The molecular formula is C19H15N3O3S2. The molecule has 0 saturated heterocycles. The van der Waals surface area contributed by atoms with Gasteiger partial charge in [0.05, 0.1) is 23.4 Å². The lowest BCUT2D eigenvalue weighted by Crippen LogP contribution is -2.12. The van der Waals surface area contributed by atoms with Crippen LogP contribution in [0, 0.1) is 6.57 Å². The molecule has 2 N–H and O–H groups in total. The third kappa shape index (κ3) is 4.73. The normalized spacial score (nSPS) is 10.8. The molecule has 0 aliphatic carbocycles. The number of carbonyl (C=O) groups is 1. The van der Waals surface area contributed by atoms with Crippen molar-refractivity contribution >= 4 is 43.6 Å². The van der Waals surface area contributed by atoms with Crippen LogP contribution in [0.25, 0.3) is 16.0 Å². The Kier molecular flexibility index (Phi) is 5.26. The number of benzene rings is 2. The maximum atomic E-state index is 12.6. The summed E-state index contributed by atoms with van der Waals surface area (Å²) < 4.78 is 25.0. The van der Waals surface area contributed by atoms with Crippen LogP contribution in [0.3, 0.4) is 0 Å². The molecule has 0 aliphatic heterocycles. The molecule has 136 valence electrons. The molecule has 1 heterocycles. The van der Waals surface area contributed by atoms with Gasteiger partial charge in [0.15, 0.2) is 0 Å². The highest BCUT2D eigenvalue weighted by Gasteiger charge is 2.16. The van der Waals surface area contributed by atoms with Crippen molar-refractivity contribution in [2.24, 2.45) is 0 Å². The van der Waals surface area contributed by atoms with Gasteiger partial charge >= 0.3 is 0 Å². The molecule has 3 rings (SSSR count). The van der Waals surface area contributed by atoms with Crippen LogP contribution < -0.4 is 10.0 Å². The number of carbonyl (C=O) groups excluding carboxylic acids is 1. The molecule has 0 fully saturated rings. The van der Waals surface area contributed by atoms with Gasteiger partial charge in [-0.05, 0) is 29.8 Å². The van der Waals surface area contributed by atoms with Crippen molar-refractivity contribution in [1.29, 1.82) is 0 Å². The van der Waals surface area contributed by atoms with Gasteiger partial charge in [-0.15, -0.1) is 11.3 Å². The second kappa shape index (κ2) is 7.61. The summed E-state index contributed by atoms with van der Waals surface area (Å²) in [5.74, 6) is -0.358. The zero-order chi connectivity index (χ0) is 19.4. The van der Waals surface area contributed by atoms with E-state index in [1.54, 1.807) is 24.3 Å². The second-order valence-electron chi connectivity index (χ2n) is 5.72. The summed E-state index contributed by atoms with van der Waals surface area (Å²) in [7, 11) is -3.40. The Morgan fingerprint density at radius 2 is 1.74 bits per heavy atom. The minimum atomic E-state index is -3.40. The summed E-state index contributed by atoms with van der Waals surface area (Å²) in [6.07, 6.45) is 1.06. The van der Waals surface area contributed by atoms with Crippen LogP contribution in [0.5, 0.6) is 0 Å². The smallest absolute Gasteiger partial charge is 0.264 e. The Hall–Kier alpha value is -3.15. The molecular weight excluding hydrogens is 382 g/mol. The van der Waals surface area contributed by atoms with Crippen LogP contribution in [0.15, 0.2) is 60.7 Å². The molecule has 0 aliphatic rings. The van der Waals surface area contributed by atoms with E-state index < -0.39 is 10.0 Å². The molecule has 0 radical (unpaired) electrons. The van der Waals surface area contributed by atoms with E-state index in [0.29, 0.717) is 26.8 Å². The standard InChI is InChI=1S/C19H15N3O3S2/c1-20-19-16(13-7-4-3-5-8-13)12-17(26-19)18(23)21-14-9-6-10-15(11-14)22-27(2,24)25/h3-12,22H,2H3,(H,21,23). The molecule has 1 aromatic heterocycles.